The minimum Gasteiger partial charge on any atom is -0.495 e. The van der Waals surface area contributed by atoms with Crippen molar-refractivity contribution >= 4 is 34.7 Å². The fourth-order valence-electron chi connectivity index (χ4n) is 3.13. The molecule has 0 saturated carbocycles. The molecule has 1 aliphatic rings. The number of ether oxygens (including phenoxy) is 1. The van der Waals surface area contributed by atoms with Crippen LogP contribution in [0.15, 0.2) is 18.2 Å². The van der Waals surface area contributed by atoms with Gasteiger partial charge >= 0.3 is 0 Å². The molecule has 0 atom stereocenters. The van der Waals surface area contributed by atoms with Crippen LogP contribution >= 0.6 is 11.6 Å². The van der Waals surface area contributed by atoms with E-state index in [1.54, 1.807) is 7.11 Å². The van der Waals surface area contributed by atoms with E-state index in [2.05, 4.69) is 32.1 Å². The molecule has 0 unspecified atom stereocenters. The Balaban J connectivity index is 1.89. The summed E-state index contributed by atoms with van der Waals surface area (Å²) in [5, 5.41) is 3.34. The maximum atomic E-state index is 11.8. The molecule has 1 aromatic heterocycles. The highest BCUT2D eigenvalue weighted by Gasteiger charge is 2.20. The molecule has 0 aliphatic carbocycles. The monoisotopic (exact) mass is 404 g/mol. The lowest BCUT2D eigenvalue weighted by molar-refractivity contribution is 0.0996. The van der Waals surface area contributed by atoms with Crippen LogP contribution in [0.25, 0.3) is 0 Å². The normalized spacial score (nSPS) is 14.8. The number of nitrogens with zero attached hydrogens (tertiary/aromatic N) is 4. The van der Waals surface area contributed by atoms with Gasteiger partial charge in [-0.05, 0) is 25.6 Å². The first-order valence-electron chi connectivity index (χ1n) is 9.17. The Bertz CT molecular complexity index is 868. The fraction of sp³-hybridized carbons (Fsp3) is 0.421. The zero-order valence-electron chi connectivity index (χ0n) is 16.3. The number of aryl methyl sites for hydroxylation is 1. The molecule has 1 fully saturated rings. The number of nitrogens with two attached hydrogens (primary N) is 1. The Hall–Kier alpha value is -2.58. The Morgan fingerprint density at radius 3 is 2.61 bits per heavy atom. The van der Waals surface area contributed by atoms with Crippen molar-refractivity contribution in [2.24, 2.45) is 5.73 Å². The molecule has 2 aromatic rings. The van der Waals surface area contributed by atoms with Gasteiger partial charge in [-0.25, -0.2) is 9.97 Å². The minimum absolute atomic E-state index is 0.0587. The number of halogens is 1. The van der Waals surface area contributed by atoms with Crippen molar-refractivity contribution in [1.29, 1.82) is 0 Å². The number of benzene rings is 1. The molecule has 3 N–H and O–H groups in total. The number of likely N-dealkylation sites (N-methyl/N-ethyl adjacent to an activating group) is 1. The summed E-state index contributed by atoms with van der Waals surface area (Å²) < 4.78 is 5.59. The third-order valence-corrected chi connectivity index (χ3v) is 5.08. The second-order valence-corrected chi connectivity index (χ2v) is 7.04. The number of amides is 1. The SMILES string of the molecule is CCc1nc(C(N)=O)c(Nc2ccc(N3CCN(C)CC3)c(OC)c2)nc1Cl. The average Bonchev–Trinajstić information content (AvgIpc) is 2.68. The highest BCUT2D eigenvalue weighted by Crippen LogP contribution is 2.33. The average molecular weight is 405 g/mol. The van der Waals surface area contributed by atoms with Gasteiger partial charge in [-0.3, -0.25) is 4.79 Å². The summed E-state index contributed by atoms with van der Waals surface area (Å²) in [5.41, 5.74) is 7.79. The lowest BCUT2D eigenvalue weighted by Crippen LogP contribution is -2.44. The third-order valence-electron chi connectivity index (χ3n) is 4.77. The van der Waals surface area contributed by atoms with Crippen LogP contribution in [-0.2, 0) is 6.42 Å². The number of primary amides is 1. The van der Waals surface area contributed by atoms with Crippen molar-refractivity contribution in [1.82, 2.24) is 14.9 Å². The van der Waals surface area contributed by atoms with E-state index in [4.69, 9.17) is 22.1 Å². The predicted molar refractivity (Wildman–Crippen MR) is 111 cm³/mol. The molecule has 0 spiro atoms. The van der Waals surface area contributed by atoms with Gasteiger partial charge in [0.2, 0.25) is 0 Å². The molecule has 1 saturated heterocycles. The number of hydrogen-bond donors (Lipinski definition) is 2. The Morgan fingerprint density at radius 2 is 2.00 bits per heavy atom. The van der Waals surface area contributed by atoms with Crippen molar-refractivity contribution in [3.8, 4) is 5.75 Å². The van der Waals surface area contributed by atoms with Crippen LogP contribution in [0.5, 0.6) is 5.75 Å². The van der Waals surface area contributed by atoms with Crippen molar-refractivity contribution in [3.05, 3.63) is 34.7 Å². The van der Waals surface area contributed by atoms with Crippen molar-refractivity contribution < 1.29 is 9.53 Å². The van der Waals surface area contributed by atoms with E-state index in [1.807, 2.05) is 25.1 Å². The maximum Gasteiger partial charge on any atom is 0.271 e. The van der Waals surface area contributed by atoms with Crippen LogP contribution in [0, 0.1) is 0 Å². The number of methoxy groups -OCH3 is 1. The lowest BCUT2D eigenvalue weighted by atomic mass is 10.2. The van der Waals surface area contributed by atoms with Crippen molar-refractivity contribution in [2.75, 3.05) is 50.6 Å². The number of aromatic nitrogens is 2. The zero-order chi connectivity index (χ0) is 20.3. The van der Waals surface area contributed by atoms with Gasteiger partial charge in [0.25, 0.3) is 5.91 Å². The summed E-state index contributed by atoms with van der Waals surface area (Å²) in [6.45, 7) is 5.76. The number of carbonyl (C=O) groups is 1. The lowest BCUT2D eigenvalue weighted by Gasteiger charge is -2.34. The largest absolute Gasteiger partial charge is 0.495 e. The van der Waals surface area contributed by atoms with Gasteiger partial charge in [-0.15, -0.1) is 0 Å². The number of carbonyl (C=O) groups excluding carboxylic acids is 1. The van der Waals surface area contributed by atoms with E-state index >= 15 is 0 Å². The van der Waals surface area contributed by atoms with E-state index in [1.165, 1.54) is 0 Å². The number of nitrogens with one attached hydrogen (secondary N) is 1. The van der Waals surface area contributed by atoms with Crippen molar-refractivity contribution in [2.45, 2.75) is 13.3 Å². The Kier molecular flexibility index (Phi) is 6.21. The fourth-order valence-corrected chi connectivity index (χ4v) is 3.39. The molecule has 8 nitrogen and oxygen atoms in total. The van der Waals surface area contributed by atoms with Gasteiger partial charge in [-0.1, -0.05) is 18.5 Å². The Labute approximate surface area is 169 Å². The van der Waals surface area contributed by atoms with Crippen LogP contribution in [0.4, 0.5) is 17.2 Å². The topological polar surface area (TPSA) is 96.6 Å². The standard InChI is InChI=1S/C19H25ClN6O2/c1-4-13-17(20)24-19(16(23-13)18(21)27)22-12-5-6-14(15(11-12)28-3)26-9-7-25(2)8-10-26/h5-6,11H,4,7-10H2,1-3H3,(H2,21,27)(H,22,24). The summed E-state index contributed by atoms with van der Waals surface area (Å²) in [4.78, 5) is 24.9. The molecule has 28 heavy (non-hydrogen) atoms. The number of hydrogen-bond acceptors (Lipinski definition) is 7. The van der Waals surface area contributed by atoms with E-state index < -0.39 is 5.91 Å². The van der Waals surface area contributed by atoms with Crippen LogP contribution in [0.3, 0.4) is 0 Å². The first-order chi connectivity index (χ1) is 13.4. The smallest absolute Gasteiger partial charge is 0.271 e. The molecule has 1 aliphatic heterocycles. The minimum atomic E-state index is -0.664. The van der Waals surface area contributed by atoms with Crippen LogP contribution in [0.2, 0.25) is 5.15 Å². The summed E-state index contributed by atoms with van der Waals surface area (Å²) in [7, 11) is 3.76. The van der Waals surface area contributed by atoms with E-state index in [0.717, 1.165) is 37.6 Å². The Morgan fingerprint density at radius 1 is 1.29 bits per heavy atom. The maximum absolute atomic E-state index is 11.8. The summed E-state index contributed by atoms with van der Waals surface area (Å²) in [6.07, 6.45) is 0.555. The summed E-state index contributed by atoms with van der Waals surface area (Å²) in [6, 6.07) is 5.76. The van der Waals surface area contributed by atoms with E-state index in [0.29, 0.717) is 17.8 Å². The van der Waals surface area contributed by atoms with E-state index in [-0.39, 0.29) is 16.7 Å². The number of piperazine rings is 1. The van der Waals surface area contributed by atoms with Crippen LogP contribution in [0.1, 0.15) is 23.1 Å². The summed E-state index contributed by atoms with van der Waals surface area (Å²) in [5.74, 6) is 0.297. The van der Waals surface area contributed by atoms with Crippen LogP contribution < -0.4 is 20.7 Å². The second kappa shape index (κ2) is 8.62. The molecule has 9 heteroatoms. The highest BCUT2D eigenvalue weighted by atomic mass is 35.5. The van der Waals surface area contributed by atoms with Gasteiger partial charge in [0.1, 0.15) is 5.75 Å². The summed E-state index contributed by atoms with van der Waals surface area (Å²) >= 11 is 6.17. The third kappa shape index (κ3) is 4.28. The number of anilines is 3. The molecule has 0 radical (unpaired) electrons. The number of rotatable bonds is 6. The molecule has 1 aromatic carbocycles. The predicted octanol–water partition coefficient (Wildman–Crippen LogP) is 2.30. The molecular formula is C19H25ClN6O2. The molecular weight excluding hydrogens is 380 g/mol. The van der Waals surface area contributed by atoms with Gasteiger partial charge in [0, 0.05) is 37.9 Å². The molecule has 0 bridgehead atoms. The molecule has 150 valence electrons. The van der Waals surface area contributed by atoms with Gasteiger partial charge in [0.15, 0.2) is 16.7 Å². The van der Waals surface area contributed by atoms with E-state index in [9.17, 15) is 4.79 Å². The first-order valence-corrected chi connectivity index (χ1v) is 9.55. The van der Waals surface area contributed by atoms with Gasteiger partial charge in [0.05, 0.1) is 18.5 Å². The molecule has 1 amide bonds. The van der Waals surface area contributed by atoms with Crippen molar-refractivity contribution in [3.63, 3.8) is 0 Å². The molecule has 3 rings (SSSR count). The highest BCUT2D eigenvalue weighted by molar-refractivity contribution is 6.30. The zero-order valence-corrected chi connectivity index (χ0v) is 17.1. The van der Waals surface area contributed by atoms with Gasteiger partial charge in [-0.2, -0.15) is 0 Å². The van der Waals surface area contributed by atoms with Crippen LogP contribution in [-0.4, -0.2) is 61.1 Å². The first kappa shape index (κ1) is 20.2. The quantitative estimate of drug-likeness (QED) is 0.762. The second-order valence-electron chi connectivity index (χ2n) is 6.68. The molecule has 2 heterocycles. The van der Waals surface area contributed by atoms with Gasteiger partial charge < -0.3 is 25.6 Å².